The maximum Gasteiger partial charge on any atom is 0.0557 e. The summed E-state index contributed by atoms with van der Waals surface area (Å²) in [6, 6.07) is 5.42. The van der Waals surface area contributed by atoms with Crippen LogP contribution in [-0.4, -0.2) is 17.3 Å². The number of aromatic nitrogens is 1. The van der Waals surface area contributed by atoms with Crippen molar-refractivity contribution in [2.24, 2.45) is 16.3 Å². The molecule has 1 heterocycles. The molecule has 2 nitrogen and oxygen atoms in total. The quantitative estimate of drug-likeness (QED) is 0.315. The van der Waals surface area contributed by atoms with E-state index in [1.54, 1.807) is 11.3 Å². The van der Waals surface area contributed by atoms with Gasteiger partial charge in [-0.2, -0.15) is 0 Å². The molecular weight excluding hydrogens is 436 g/mol. The summed E-state index contributed by atoms with van der Waals surface area (Å²) in [4.78, 5) is 4.73. The van der Waals surface area contributed by atoms with E-state index in [2.05, 4.69) is 74.9 Å². The van der Waals surface area contributed by atoms with Gasteiger partial charge in [0.15, 0.2) is 0 Å². The number of hydrogen-bond donors (Lipinski definition) is 0. The number of aliphatic imine (C=N–C) groups is 1. The van der Waals surface area contributed by atoms with E-state index in [4.69, 9.17) is 4.99 Å². The van der Waals surface area contributed by atoms with Gasteiger partial charge in [-0.25, -0.2) is 0 Å². The normalized spacial score (nSPS) is 26.8. The molecule has 5 rings (SSSR count). The highest BCUT2D eigenvalue weighted by Crippen LogP contribution is 2.51. The minimum absolute atomic E-state index is 0.426. The van der Waals surface area contributed by atoms with Crippen LogP contribution in [0.1, 0.15) is 126 Å². The van der Waals surface area contributed by atoms with Gasteiger partial charge in [0.2, 0.25) is 0 Å². The van der Waals surface area contributed by atoms with Gasteiger partial charge >= 0.3 is 0 Å². The van der Waals surface area contributed by atoms with Gasteiger partial charge in [-0.05, 0) is 104 Å². The van der Waals surface area contributed by atoms with Crippen molar-refractivity contribution in [3.05, 3.63) is 58.8 Å². The van der Waals surface area contributed by atoms with E-state index in [0.717, 1.165) is 25.3 Å². The SMILES string of the molecule is CCC/N=C\c1cc2c(cc1C)c(CCC1(C)CC(CC)C1)c(C1CCCCC1)n2C1C=CC=CC1. The smallest absolute Gasteiger partial charge is 0.0557 e. The number of benzene rings is 1. The molecule has 0 N–H and O–H groups in total. The molecule has 1 aromatic carbocycles. The van der Waals surface area contributed by atoms with Crippen molar-refractivity contribution < 1.29 is 0 Å². The van der Waals surface area contributed by atoms with Crippen molar-refractivity contribution in [1.82, 2.24) is 4.57 Å². The summed E-state index contributed by atoms with van der Waals surface area (Å²) in [5.41, 5.74) is 8.02. The summed E-state index contributed by atoms with van der Waals surface area (Å²) in [7, 11) is 0. The molecule has 1 aromatic heterocycles. The van der Waals surface area contributed by atoms with E-state index in [9.17, 15) is 0 Å². The van der Waals surface area contributed by atoms with Crippen LogP contribution < -0.4 is 0 Å². The second kappa shape index (κ2) is 11.1. The Morgan fingerprint density at radius 2 is 1.89 bits per heavy atom. The fourth-order valence-corrected chi connectivity index (χ4v) is 7.45. The lowest BCUT2D eigenvalue weighted by atomic mass is 9.60. The molecule has 0 bridgehead atoms. The second-order valence-electron chi connectivity index (χ2n) is 12.4. The molecule has 2 fully saturated rings. The Hall–Kier alpha value is -2.09. The summed E-state index contributed by atoms with van der Waals surface area (Å²) in [5, 5.41) is 1.53. The minimum Gasteiger partial charge on any atom is -0.337 e. The molecule has 0 radical (unpaired) electrons. The number of rotatable bonds is 9. The Bertz CT molecular complexity index is 1130. The van der Waals surface area contributed by atoms with Crippen molar-refractivity contribution in [2.75, 3.05) is 6.54 Å². The largest absolute Gasteiger partial charge is 0.337 e. The molecule has 0 aliphatic heterocycles. The summed E-state index contributed by atoms with van der Waals surface area (Å²) in [6.07, 6.45) is 27.3. The Labute approximate surface area is 220 Å². The third kappa shape index (κ3) is 5.15. The minimum atomic E-state index is 0.426. The highest BCUT2D eigenvalue weighted by Gasteiger charge is 2.39. The zero-order valence-electron chi connectivity index (χ0n) is 23.4. The average molecular weight is 485 g/mol. The fourth-order valence-electron chi connectivity index (χ4n) is 7.45. The van der Waals surface area contributed by atoms with Gasteiger partial charge in [0, 0.05) is 29.4 Å². The predicted molar refractivity (Wildman–Crippen MR) is 157 cm³/mol. The lowest BCUT2D eigenvalue weighted by Gasteiger charge is -2.45. The molecule has 0 spiro atoms. The van der Waals surface area contributed by atoms with E-state index in [1.165, 1.54) is 86.2 Å². The lowest BCUT2D eigenvalue weighted by molar-refractivity contribution is 0.0632. The van der Waals surface area contributed by atoms with Gasteiger partial charge in [0.05, 0.1) is 6.04 Å². The average Bonchev–Trinajstić information content (AvgIpc) is 3.20. The number of fused-ring (bicyclic) bond motifs is 1. The zero-order valence-corrected chi connectivity index (χ0v) is 23.4. The number of nitrogens with zero attached hydrogens (tertiary/aromatic N) is 2. The van der Waals surface area contributed by atoms with Gasteiger partial charge in [-0.3, -0.25) is 4.99 Å². The molecule has 3 aliphatic rings. The van der Waals surface area contributed by atoms with Gasteiger partial charge in [0.25, 0.3) is 0 Å². The topological polar surface area (TPSA) is 17.3 Å². The summed E-state index contributed by atoms with van der Waals surface area (Å²) < 4.78 is 2.79. The third-order valence-electron chi connectivity index (χ3n) is 9.52. The third-order valence-corrected chi connectivity index (χ3v) is 9.52. The van der Waals surface area contributed by atoms with E-state index >= 15 is 0 Å². The Morgan fingerprint density at radius 1 is 1.08 bits per heavy atom. The number of aryl methyl sites for hydroxylation is 2. The molecule has 36 heavy (non-hydrogen) atoms. The summed E-state index contributed by atoms with van der Waals surface area (Å²) in [6.45, 7) is 10.3. The molecule has 3 aliphatic carbocycles. The molecule has 0 saturated heterocycles. The molecule has 194 valence electrons. The van der Waals surface area contributed by atoms with Crippen molar-refractivity contribution in [2.45, 2.75) is 117 Å². The van der Waals surface area contributed by atoms with Crippen molar-refractivity contribution >= 4 is 17.1 Å². The fraction of sp³-hybridized carbons (Fsp3) is 0.618. The molecule has 2 saturated carbocycles. The van der Waals surface area contributed by atoms with Crippen molar-refractivity contribution in [1.29, 1.82) is 0 Å². The Balaban J connectivity index is 1.63. The lowest BCUT2D eigenvalue weighted by Crippen LogP contribution is -2.34. The first-order valence-corrected chi connectivity index (χ1v) is 15.0. The maximum atomic E-state index is 4.73. The maximum absolute atomic E-state index is 4.73. The van der Waals surface area contributed by atoms with Gasteiger partial charge in [0.1, 0.15) is 0 Å². The van der Waals surface area contributed by atoms with Crippen LogP contribution in [0.2, 0.25) is 0 Å². The Morgan fingerprint density at radius 3 is 2.58 bits per heavy atom. The first kappa shape index (κ1) is 25.6. The predicted octanol–water partition coefficient (Wildman–Crippen LogP) is 9.64. The van der Waals surface area contributed by atoms with Crippen LogP contribution >= 0.6 is 0 Å². The van der Waals surface area contributed by atoms with Gasteiger partial charge in [-0.1, -0.05) is 70.8 Å². The monoisotopic (exact) mass is 484 g/mol. The van der Waals surface area contributed by atoms with Gasteiger partial charge in [-0.15, -0.1) is 0 Å². The molecule has 1 atom stereocenters. The molecular formula is C34H48N2. The van der Waals surface area contributed by atoms with Crippen LogP contribution in [0.3, 0.4) is 0 Å². The van der Waals surface area contributed by atoms with Gasteiger partial charge < -0.3 is 4.57 Å². The molecule has 2 heteroatoms. The van der Waals surface area contributed by atoms with Crippen LogP contribution in [0.5, 0.6) is 0 Å². The molecule has 2 aromatic rings. The van der Waals surface area contributed by atoms with Crippen molar-refractivity contribution in [3.63, 3.8) is 0 Å². The first-order valence-electron chi connectivity index (χ1n) is 15.0. The molecule has 1 unspecified atom stereocenters. The summed E-state index contributed by atoms with van der Waals surface area (Å²) in [5.74, 6) is 1.66. The first-order chi connectivity index (χ1) is 17.5. The van der Waals surface area contributed by atoms with E-state index in [-0.39, 0.29) is 0 Å². The second-order valence-corrected chi connectivity index (χ2v) is 12.4. The Kier molecular flexibility index (Phi) is 7.89. The summed E-state index contributed by atoms with van der Waals surface area (Å²) >= 11 is 0. The molecule has 0 amide bonds. The van der Waals surface area contributed by atoms with Crippen LogP contribution in [0.25, 0.3) is 10.9 Å². The zero-order chi connectivity index (χ0) is 25.1. The standard InChI is InChI=1S/C34H48N2/c1-5-19-35-24-28-21-32-31(20-25(28)3)30(17-18-34(4)22-26(6-2)23-34)33(27-13-9-7-10-14-27)36(32)29-15-11-8-12-16-29/h8,11-12,15,20-21,24,26-27,29H,5-7,9-10,13-14,16-19,22-23H2,1-4H3/b35-24-. The van der Waals surface area contributed by atoms with Crippen LogP contribution in [-0.2, 0) is 6.42 Å². The van der Waals surface area contributed by atoms with E-state index in [0.29, 0.717) is 17.4 Å². The van der Waals surface area contributed by atoms with E-state index in [1.807, 2.05) is 0 Å². The highest BCUT2D eigenvalue weighted by molar-refractivity contribution is 5.94. The number of allylic oxidation sites excluding steroid dienone is 4. The highest BCUT2D eigenvalue weighted by atomic mass is 15.0. The number of hydrogen-bond acceptors (Lipinski definition) is 1. The van der Waals surface area contributed by atoms with Crippen LogP contribution in [0, 0.1) is 18.3 Å². The van der Waals surface area contributed by atoms with E-state index < -0.39 is 0 Å². The van der Waals surface area contributed by atoms with Crippen LogP contribution in [0.15, 0.2) is 41.4 Å². The van der Waals surface area contributed by atoms with Crippen LogP contribution in [0.4, 0.5) is 0 Å². The van der Waals surface area contributed by atoms with Crippen molar-refractivity contribution in [3.8, 4) is 0 Å².